The van der Waals surface area contributed by atoms with E-state index in [0.717, 1.165) is 22.4 Å². The molecule has 5 heteroatoms. The summed E-state index contributed by atoms with van der Waals surface area (Å²) >= 11 is 0. The Kier molecular flexibility index (Phi) is 5.47. The van der Waals surface area contributed by atoms with E-state index < -0.39 is 0 Å². The first-order chi connectivity index (χ1) is 14.2. The average Bonchev–Trinajstić information content (AvgIpc) is 3.23. The molecule has 1 N–H and O–H groups in total. The molecular weight excluding hydrogens is 362 g/mol. The van der Waals surface area contributed by atoms with Crippen LogP contribution in [0.5, 0.6) is 0 Å². The third kappa shape index (κ3) is 4.76. The Hall–Kier alpha value is -3.73. The molecule has 0 fully saturated rings. The zero-order valence-electron chi connectivity index (χ0n) is 16.1. The zero-order valence-corrected chi connectivity index (χ0v) is 16.1. The molecule has 0 aliphatic rings. The maximum absolute atomic E-state index is 12.3. The topological polar surface area (TPSA) is 68.0 Å². The number of carbonyl (C=O) groups excluding carboxylic acids is 1. The first kappa shape index (κ1) is 18.6. The summed E-state index contributed by atoms with van der Waals surface area (Å²) in [4.78, 5) is 16.6. The van der Waals surface area contributed by atoms with Crippen molar-refractivity contribution in [1.82, 2.24) is 10.1 Å². The van der Waals surface area contributed by atoms with Gasteiger partial charge in [0.2, 0.25) is 17.6 Å². The average molecular weight is 383 g/mol. The van der Waals surface area contributed by atoms with E-state index in [1.807, 2.05) is 73.7 Å². The van der Waals surface area contributed by atoms with E-state index in [1.54, 1.807) is 0 Å². The molecule has 0 spiro atoms. The highest BCUT2D eigenvalue weighted by molar-refractivity contribution is 5.91. The van der Waals surface area contributed by atoms with Crippen LogP contribution < -0.4 is 5.32 Å². The van der Waals surface area contributed by atoms with Gasteiger partial charge >= 0.3 is 0 Å². The van der Waals surface area contributed by atoms with E-state index in [0.29, 0.717) is 18.1 Å². The van der Waals surface area contributed by atoms with Crippen LogP contribution in [0.1, 0.15) is 17.9 Å². The van der Waals surface area contributed by atoms with Crippen molar-refractivity contribution in [3.63, 3.8) is 0 Å². The van der Waals surface area contributed by atoms with Gasteiger partial charge in [-0.1, -0.05) is 77.5 Å². The predicted octanol–water partition coefficient (Wildman–Crippen LogP) is 5.28. The van der Waals surface area contributed by atoms with Gasteiger partial charge in [0.1, 0.15) is 0 Å². The highest BCUT2D eigenvalue weighted by Gasteiger charge is 2.11. The Morgan fingerprint density at radius 3 is 2.24 bits per heavy atom. The lowest BCUT2D eigenvalue weighted by molar-refractivity contribution is -0.116. The third-order valence-electron chi connectivity index (χ3n) is 4.62. The van der Waals surface area contributed by atoms with Crippen molar-refractivity contribution < 1.29 is 9.32 Å². The van der Waals surface area contributed by atoms with Crippen LogP contribution in [-0.2, 0) is 11.2 Å². The lowest BCUT2D eigenvalue weighted by Gasteiger charge is -2.06. The van der Waals surface area contributed by atoms with Crippen LogP contribution in [-0.4, -0.2) is 16.0 Å². The summed E-state index contributed by atoms with van der Waals surface area (Å²) in [5.74, 6) is 0.902. The SMILES string of the molecule is Cc1ccc(-c2noc(CCC(=O)Nc3ccc(-c4ccccc4)cc3)n2)cc1. The van der Waals surface area contributed by atoms with Crippen molar-refractivity contribution in [1.29, 1.82) is 0 Å². The lowest BCUT2D eigenvalue weighted by Crippen LogP contribution is -2.12. The molecule has 0 saturated carbocycles. The highest BCUT2D eigenvalue weighted by Crippen LogP contribution is 2.21. The fraction of sp³-hybridized carbons (Fsp3) is 0.125. The first-order valence-electron chi connectivity index (χ1n) is 9.52. The molecule has 5 nitrogen and oxygen atoms in total. The lowest BCUT2D eigenvalue weighted by atomic mass is 10.1. The van der Waals surface area contributed by atoms with Crippen LogP contribution in [0, 0.1) is 6.92 Å². The summed E-state index contributed by atoms with van der Waals surface area (Å²) in [6, 6.07) is 25.8. The van der Waals surface area contributed by atoms with E-state index in [9.17, 15) is 4.79 Å². The summed E-state index contributed by atoms with van der Waals surface area (Å²) in [5, 5.41) is 6.91. The van der Waals surface area contributed by atoms with E-state index in [1.165, 1.54) is 5.56 Å². The molecule has 4 aromatic rings. The maximum Gasteiger partial charge on any atom is 0.227 e. The number of anilines is 1. The molecule has 1 heterocycles. The van der Waals surface area contributed by atoms with Gasteiger partial charge in [-0.25, -0.2) is 0 Å². The van der Waals surface area contributed by atoms with Crippen LogP contribution in [0.15, 0.2) is 83.4 Å². The van der Waals surface area contributed by atoms with Crippen molar-refractivity contribution in [3.05, 3.63) is 90.3 Å². The second-order valence-corrected chi connectivity index (χ2v) is 6.87. The van der Waals surface area contributed by atoms with Crippen molar-refractivity contribution in [2.45, 2.75) is 19.8 Å². The molecule has 4 rings (SSSR count). The standard InChI is InChI=1S/C24H21N3O2/c1-17-7-9-20(10-8-17)24-26-23(29-27-24)16-15-22(28)25-21-13-11-19(12-14-21)18-5-3-2-4-6-18/h2-14H,15-16H2,1H3,(H,25,28). The van der Waals surface area contributed by atoms with Gasteiger partial charge in [-0.3, -0.25) is 4.79 Å². The second-order valence-electron chi connectivity index (χ2n) is 6.87. The molecule has 0 aliphatic carbocycles. The molecule has 0 saturated heterocycles. The molecule has 0 aliphatic heterocycles. The fourth-order valence-corrected chi connectivity index (χ4v) is 3.00. The third-order valence-corrected chi connectivity index (χ3v) is 4.62. The van der Waals surface area contributed by atoms with Gasteiger partial charge in [-0.15, -0.1) is 0 Å². The Morgan fingerprint density at radius 2 is 1.52 bits per heavy atom. The van der Waals surface area contributed by atoms with E-state index >= 15 is 0 Å². The number of carbonyl (C=O) groups is 1. The Balaban J connectivity index is 1.32. The fourth-order valence-electron chi connectivity index (χ4n) is 3.00. The molecule has 1 amide bonds. The minimum Gasteiger partial charge on any atom is -0.339 e. The predicted molar refractivity (Wildman–Crippen MR) is 113 cm³/mol. The van der Waals surface area contributed by atoms with Gasteiger partial charge in [0.05, 0.1) is 0 Å². The summed E-state index contributed by atoms with van der Waals surface area (Å²) in [6.07, 6.45) is 0.669. The summed E-state index contributed by atoms with van der Waals surface area (Å²) < 4.78 is 5.27. The molecule has 0 bridgehead atoms. The van der Waals surface area contributed by atoms with Crippen LogP contribution in [0.4, 0.5) is 5.69 Å². The molecule has 0 unspecified atom stereocenters. The Bertz CT molecular complexity index is 1090. The Morgan fingerprint density at radius 1 is 0.862 bits per heavy atom. The van der Waals surface area contributed by atoms with Crippen molar-refractivity contribution >= 4 is 11.6 Å². The number of rotatable bonds is 6. The van der Waals surface area contributed by atoms with Gasteiger partial charge in [0.15, 0.2) is 0 Å². The van der Waals surface area contributed by atoms with Gasteiger partial charge in [-0.2, -0.15) is 4.98 Å². The number of nitrogens with one attached hydrogen (secondary N) is 1. The first-order valence-corrected chi connectivity index (χ1v) is 9.52. The van der Waals surface area contributed by atoms with Gasteiger partial charge in [0.25, 0.3) is 0 Å². The largest absolute Gasteiger partial charge is 0.339 e. The molecule has 0 atom stereocenters. The zero-order chi connectivity index (χ0) is 20.1. The number of amides is 1. The molecule has 144 valence electrons. The van der Waals surface area contributed by atoms with Crippen molar-refractivity contribution in [2.24, 2.45) is 0 Å². The molecule has 3 aromatic carbocycles. The van der Waals surface area contributed by atoms with Crippen LogP contribution in [0.2, 0.25) is 0 Å². The Labute approximate surface area is 169 Å². The van der Waals surface area contributed by atoms with Gasteiger partial charge in [-0.05, 0) is 30.2 Å². The monoisotopic (exact) mass is 383 g/mol. The number of benzene rings is 3. The summed E-state index contributed by atoms with van der Waals surface area (Å²) in [6.45, 7) is 2.03. The highest BCUT2D eigenvalue weighted by atomic mass is 16.5. The van der Waals surface area contributed by atoms with Crippen LogP contribution in [0.3, 0.4) is 0 Å². The smallest absolute Gasteiger partial charge is 0.227 e. The van der Waals surface area contributed by atoms with Gasteiger partial charge in [0, 0.05) is 24.1 Å². The summed E-state index contributed by atoms with van der Waals surface area (Å²) in [7, 11) is 0. The van der Waals surface area contributed by atoms with Gasteiger partial charge < -0.3 is 9.84 Å². The van der Waals surface area contributed by atoms with Crippen LogP contribution in [0.25, 0.3) is 22.5 Å². The van der Waals surface area contributed by atoms with E-state index in [2.05, 4.69) is 27.6 Å². The van der Waals surface area contributed by atoms with Crippen molar-refractivity contribution in [2.75, 3.05) is 5.32 Å². The molecular formula is C24H21N3O2. The van der Waals surface area contributed by atoms with Crippen LogP contribution >= 0.6 is 0 Å². The molecule has 29 heavy (non-hydrogen) atoms. The quantitative estimate of drug-likeness (QED) is 0.492. The normalized spacial score (nSPS) is 10.7. The number of nitrogens with zero attached hydrogens (tertiary/aromatic N) is 2. The number of aryl methyl sites for hydroxylation is 2. The van der Waals surface area contributed by atoms with E-state index in [4.69, 9.17) is 4.52 Å². The molecule has 1 aromatic heterocycles. The number of hydrogen-bond donors (Lipinski definition) is 1. The van der Waals surface area contributed by atoms with E-state index in [-0.39, 0.29) is 12.3 Å². The second kappa shape index (κ2) is 8.52. The van der Waals surface area contributed by atoms with Crippen molar-refractivity contribution in [3.8, 4) is 22.5 Å². The maximum atomic E-state index is 12.3. The number of hydrogen-bond acceptors (Lipinski definition) is 4. The summed E-state index contributed by atoms with van der Waals surface area (Å²) in [5.41, 5.74) is 5.09. The minimum atomic E-state index is -0.0902. The molecule has 0 radical (unpaired) electrons. The minimum absolute atomic E-state index is 0.0902. The number of aromatic nitrogens is 2.